The van der Waals surface area contributed by atoms with Crippen LogP contribution in [-0.2, 0) is 0 Å². The van der Waals surface area contributed by atoms with Gasteiger partial charge in [0.05, 0.1) is 0 Å². The van der Waals surface area contributed by atoms with Crippen molar-refractivity contribution in [3.63, 3.8) is 0 Å². The zero-order chi connectivity index (χ0) is 6.00. The summed E-state index contributed by atoms with van der Waals surface area (Å²) in [4.78, 5) is 0. The minimum atomic E-state index is 0. The van der Waals surface area contributed by atoms with E-state index in [2.05, 4.69) is 13.2 Å². The summed E-state index contributed by atoms with van der Waals surface area (Å²) in [6.45, 7) is 14.0. The second-order valence-electron chi connectivity index (χ2n) is 0. The van der Waals surface area contributed by atoms with E-state index in [0.717, 1.165) is 0 Å². The largest absolute Gasteiger partial charge is 0.106 e. The minimum Gasteiger partial charge on any atom is -0.106 e. The van der Waals surface area contributed by atoms with Gasteiger partial charge in [-0.05, 0) is 0 Å². The third kappa shape index (κ3) is 2210. The van der Waals surface area contributed by atoms with Crippen LogP contribution in [0.4, 0.5) is 0 Å². The van der Waals surface area contributed by atoms with Gasteiger partial charge >= 0.3 is 0 Å². The summed E-state index contributed by atoms with van der Waals surface area (Å²) in [5.41, 5.74) is 0. The van der Waals surface area contributed by atoms with Crippen molar-refractivity contribution in [2.45, 2.75) is 27.7 Å². The molecule has 0 aliphatic heterocycles. The molecule has 0 bridgehead atoms. The first kappa shape index (κ1) is 29.1. The molecule has 0 nitrogen and oxygen atoms in total. The highest BCUT2D eigenvalue weighted by atomic mass is 13.0. The molecule has 0 heterocycles. The predicted octanol–water partition coefficient (Wildman–Crippen LogP) is 2.72. The second kappa shape index (κ2) is 3520. The van der Waals surface area contributed by atoms with E-state index in [9.17, 15) is 0 Å². The van der Waals surface area contributed by atoms with Crippen LogP contribution < -0.4 is 0 Å². The van der Waals surface area contributed by atoms with E-state index in [4.69, 9.17) is 0 Å². The van der Waals surface area contributed by atoms with Gasteiger partial charge in [-0.15, -0.1) is 13.2 Å². The van der Waals surface area contributed by atoms with Crippen LogP contribution in [-0.4, -0.2) is 8.41 Å². The number of hydrogen-bond donors (Lipinski definition) is 0. The Kier molecular flexibility index (Phi) is 14700. The molecule has 0 aromatic heterocycles. The fourth-order valence-electron chi connectivity index (χ4n) is 0. The highest BCUT2D eigenvalue weighted by Crippen LogP contribution is 1.15. The Morgan fingerprint density at radius 2 is 0.857 bits per heavy atom. The zero-order valence-electron chi connectivity index (χ0n) is 5.99. The van der Waals surface area contributed by atoms with Crippen LogP contribution in [0.5, 0.6) is 0 Å². The fraction of sp³-hybridized carbons (Fsp3) is 0.667. The molecule has 0 saturated heterocycles. The SMILES string of the molecule is C=C.CC.CC.[2HH].[B]. The average Bonchev–Trinajstić information content (AvgIpc) is 1.81. The molecule has 0 amide bonds. The van der Waals surface area contributed by atoms with E-state index in [1.54, 1.807) is 0 Å². The van der Waals surface area contributed by atoms with Gasteiger partial charge in [-0.25, -0.2) is 0 Å². The van der Waals surface area contributed by atoms with Crippen molar-refractivity contribution in [1.29, 1.82) is 0 Å². The quantitative estimate of drug-likeness (QED) is 0.326. The standard InChI is InChI=1S/2C2H6.C2H4.B.H2/c3*1-2;;/h2*1-2H3;1-2H2;;1H/i;;;;1+1. The lowest BCUT2D eigenvalue weighted by atomic mass is 10.8. The smallest absolute Gasteiger partial charge is 0 e. The molecule has 0 N–H and O–H groups in total. The summed E-state index contributed by atoms with van der Waals surface area (Å²) >= 11 is 0. The Balaban J connectivity index is -0.00000000500. The topological polar surface area (TPSA) is 0 Å². The van der Waals surface area contributed by atoms with Crippen molar-refractivity contribution in [2.75, 3.05) is 0 Å². The van der Waals surface area contributed by atoms with Crippen LogP contribution in [0, 0.1) is 0 Å². The van der Waals surface area contributed by atoms with Crippen LogP contribution in [0.3, 0.4) is 0 Å². The Bertz CT molecular complexity index is 8.49. The van der Waals surface area contributed by atoms with Crippen molar-refractivity contribution in [1.82, 2.24) is 0 Å². The summed E-state index contributed by atoms with van der Waals surface area (Å²) in [6, 6.07) is 0. The van der Waals surface area contributed by atoms with Gasteiger partial charge in [0, 0.05) is 9.84 Å². The lowest BCUT2D eigenvalue weighted by Gasteiger charge is -1.07. The molecule has 0 rings (SSSR count). The highest BCUT2D eigenvalue weighted by molar-refractivity contribution is 5.75. The molecular weight excluding hydrogens is 82.9 g/mol. The van der Waals surface area contributed by atoms with Crippen molar-refractivity contribution < 1.29 is 1.43 Å². The molecule has 0 aromatic rings. The van der Waals surface area contributed by atoms with E-state index in [-0.39, 0.29) is 9.84 Å². The van der Waals surface area contributed by atoms with E-state index in [0.29, 0.717) is 0 Å². The summed E-state index contributed by atoms with van der Waals surface area (Å²) in [7, 11) is 0. The van der Waals surface area contributed by atoms with E-state index in [1.165, 1.54) is 0 Å². The third-order valence-electron chi connectivity index (χ3n) is 0. The van der Waals surface area contributed by atoms with E-state index in [1.807, 2.05) is 27.7 Å². The molecule has 0 aromatic carbocycles. The molecule has 0 spiro atoms. The number of hydrogen-bond acceptors (Lipinski definition) is 0. The van der Waals surface area contributed by atoms with Gasteiger partial charge in [0.1, 0.15) is 0 Å². The third-order valence-corrected chi connectivity index (χ3v) is 0. The van der Waals surface area contributed by atoms with Gasteiger partial charge in [0.2, 0.25) is 0 Å². The van der Waals surface area contributed by atoms with E-state index < -0.39 is 0 Å². The van der Waals surface area contributed by atoms with Gasteiger partial charge in [-0.3, -0.25) is 0 Å². The lowest BCUT2D eigenvalue weighted by molar-refractivity contribution is 1.50. The van der Waals surface area contributed by atoms with Gasteiger partial charge in [-0.1, -0.05) is 27.7 Å². The van der Waals surface area contributed by atoms with Gasteiger partial charge in [-0.2, -0.15) is 0 Å². The molecule has 0 atom stereocenters. The molecule has 0 aliphatic carbocycles. The van der Waals surface area contributed by atoms with Crippen molar-refractivity contribution in [3.8, 4) is 0 Å². The van der Waals surface area contributed by atoms with Crippen molar-refractivity contribution in [2.24, 2.45) is 0 Å². The highest BCUT2D eigenvalue weighted by Gasteiger charge is 0.934. The van der Waals surface area contributed by atoms with Crippen molar-refractivity contribution >= 4 is 8.41 Å². The summed E-state index contributed by atoms with van der Waals surface area (Å²) < 4.78 is 0. The fourth-order valence-corrected chi connectivity index (χ4v) is 0. The van der Waals surface area contributed by atoms with E-state index >= 15 is 0 Å². The van der Waals surface area contributed by atoms with Crippen LogP contribution >= 0.6 is 0 Å². The normalized spacial score (nSPS) is 2.29. The molecule has 0 unspecified atom stereocenters. The Morgan fingerprint density at radius 3 is 0.857 bits per heavy atom. The van der Waals surface area contributed by atoms with Crippen LogP contribution in [0.1, 0.15) is 29.1 Å². The lowest BCUT2D eigenvalue weighted by Crippen LogP contribution is -0.856. The first-order valence-electron chi connectivity index (χ1n) is 2.50. The second-order valence-corrected chi connectivity index (χ2v) is 0. The Hall–Kier alpha value is -0.195. The number of rotatable bonds is 0. The van der Waals surface area contributed by atoms with Crippen LogP contribution in [0.25, 0.3) is 0 Å². The zero-order valence-corrected chi connectivity index (χ0v) is 5.99. The van der Waals surface area contributed by atoms with Gasteiger partial charge < -0.3 is 0 Å². The molecule has 0 fully saturated rings. The average molecular weight is 102 g/mol. The molecule has 3 radical (unpaired) electrons. The molecule has 7 heavy (non-hydrogen) atoms. The molecule has 1 heteroatoms. The maximum Gasteiger partial charge on any atom is 0 e. The maximum absolute atomic E-state index is 3.00. The maximum atomic E-state index is 3.00. The van der Waals surface area contributed by atoms with Crippen LogP contribution in [0.2, 0.25) is 0 Å². The van der Waals surface area contributed by atoms with Crippen LogP contribution in [0.15, 0.2) is 13.2 Å². The summed E-state index contributed by atoms with van der Waals surface area (Å²) in [5, 5.41) is 0. The monoisotopic (exact) mass is 102 g/mol. The Morgan fingerprint density at radius 1 is 0.857 bits per heavy atom. The molecule has 0 saturated carbocycles. The molecule has 0 aliphatic rings. The summed E-state index contributed by atoms with van der Waals surface area (Å²) in [5.74, 6) is 0. The molecular formula is C6H18B. The first-order chi connectivity index (χ1) is 3.00. The van der Waals surface area contributed by atoms with Gasteiger partial charge in [0.25, 0.3) is 0 Å². The predicted molar refractivity (Wildman–Crippen MR) is 41.8 cm³/mol. The first-order valence-corrected chi connectivity index (χ1v) is 2.50. The minimum absolute atomic E-state index is 0. The molecule has 45 valence electrons. The Labute approximate surface area is 51.7 Å². The van der Waals surface area contributed by atoms with Gasteiger partial charge in [0.15, 0.2) is 0 Å². The summed E-state index contributed by atoms with van der Waals surface area (Å²) in [6.07, 6.45) is 0. The van der Waals surface area contributed by atoms with Crippen molar-refractivity contribution in [3.05, 3.63) is 13.2 Å².